The minimum absolute atomic E-state index is 0.305. The normalized spacial score (nSPS) is 12.6. The second kappa shape index (κ2) is 5.14. The van der Waals surface area contributed by atoms with Gasteiger partial charge >= 0.3 is 0 Å². The molecule has 1 rings (SSSR count). The molecule has 0 aliphatic heterocycles. The van der Waals surface area contributed by atoms with Crippen molar-refractivity contribution in [2.75, 3.05) is 6.61 Å². The first kappa shape index (κ1) is 12.0. The number of aliphatic hydroxyl groups is 1. The van der Waals surface area contributed by atoms with Gasteiger partial charge in [-0.15, -0.1) is 0 Å². The van der Waals surface area contributed by atoms with Crippen LogP contribution in [0.5, 0.6) is 5.75 Å². The molecule has 0 bridgehead atoms. The van der Waals surface area contributed by atoms with Crippen LogP contribution in [0.25, 0.3) is 0 Å². The third kappa shape index (κ3) is 2.97. The van der Waals surface area contributed by atoms with Gasteiger partial charge in [0.15, 0.2) is 0 Å². The predicted octanol–water partition coefficient (Wildman–Crippen LogP) is 3.28. The molecule has 0 heterocycles. The van der Waals surface area contributed by atoms with Crippen molar-refractivity contribution in [1.29, 1.82) is 0 Å². The van der Waals surface area contributed by atoms with Crippen LogP contribution in [0.4, 0.5) is 0 Å². The Balaban J connectivity index is 2.83. The van der Waals surface area contributed by atoms with Crippen LogP contribution in [0, 0.1) is 6.92 Å². The average Bonchev–Trinajstić information content (AvgIpc) is 2.13. The molecule has 2 nitrogen and oxygen atoms in total. The molecule has 0 saturated heterocycles. The van der Waals surface area contributed by atoms with E-state index in [1.165, 1.54) is 0 Å². The van der Waals surface area contributed by atoms with E-state index in [1.54, 1.807) is 6.92 Å². The van der Waals surface area contributed by atoms with Crippen LogP contribution in [0.15, 0.2) is 21.1 Å². The number of hydrogen-bond donors (Lipinski definition) is 1. The largest absolute Gasteiger partial charge is 0.490 e. The van der Waals surface area contributed by atoms with Gasteiger partial charge in [0.25, 0.3) is 0 Å². The van der Waals surface area contributed by atoms with Crippen LogP contribution < -0.4 is 4.74 Å². The van der Waals surface area contributed by atoms with E-state index in [1.807, 2.05) is 19.1 Å². The topological polar surface area (TPSA) is 29.5 Å². The number of rotatable bonds is 3. The van der Waals surface area contributed by atoms with Crippen LogP contribution in [-0.2, 0) is 0 Å². The maximum Gasteiger partial charge on any atom is 0.133 e. The van der Waals surface area contributed by atoms with E-state index in [9.17, 15) is 0 Å². The zero-order valence-electron chi connectivity index (χ0n) is 8.05. The average molecular weight is 324 g/mol. The van der Waals surface area contributed by atoms with E-state index >= 15 is 0 Å². The molecule has 0 radical (unpaired) electrons. The van der Waals surface area contributed by atoms with Crippen molar-refractivity contribution >= 4 is 31.9 Å². The highest BCUT2D eigenvalue weighted by Gasteiger charge is 2.07. The molecule has 14 heavy (non-hydrogen) atoms. The lowest BCUT2D eigenvalue weighted by molar-refractivity contribution is 0.122. The first-order valence-corrected chi connectivity index (χ1v) is 5.86. The second-order valence-electron chi connectivity index (χ2n) is 3.14. The van der Waals surface area contributed by atoms with E-state index in [0.717, 1.165) is 20.3 Å². The Morgan fingerprint density at radius 1 is 1.43 bits per heavy atom. The van der Waals surface area contributed by atoms with Gasteiger partial charge < -0.3 is 9.84 Å². The minimum atomic E-state index is -0.453. The molecule has 0 spiro atoms. The predicted molar refractivity (Wildman–Crippen MR) is 63.8 cm³/mol. The molecule has 1 aromatic rings. The summed E-state index contributed by atoms with van der Waals surface area (Å²) in [5, 5.41) is 9.08. The Morgan fingerprint density at radius 2 is 2.07 bits per heavy atom. The van der Waals surface area contributed by atoms with Crippen LogP contribution in [-0.4, -0.2) is 17.8 Å². The fourth-order valence-corrected chi connectivity index (χ4v) is 2.02. The van der Waals surface area contributed by atoms with Gasteiger partial charge in [-0.2, -0.15) is 0 Å². The zero-order chi connectivity index (χ0) is 10.7. The molecule has 78 valence electrons. The summed E-state index contributed by atoms with van der Waals surface area (Å²) in [6.07, 6.45) is -0.453. The van der Waals surface area contributed by atoms with Gasteiger partial charge in [-0.1, -0.05) is 15.9 Å². The Labute approximate surface area is 101 Å². The highest BCUT2D eigenvalue weighted by atomic mass is 79.9. The van der Waals surface area contributed by atoms with Crippen LogP contribution in [0.3, 0.4) is 0 Å². The molecular weight excluding hydrogens is 312 g/mol. The molecule has 0 aliphatic carbocycles. The van der Waals surface area contributed by atoms with Gasteiger partial charge in [0.2, 0.25) is 0 Å². The molecule has 0 aromatic heterocycles. The Hall–Kier alpha value is -0.0600. The molecule has 1 unspecified atom stereocenters. The fraction of sp³-hybridized carbons (Fsp3) is 0.400. The molecule has 1 aromatic carbocycles. The number of halogens is 2. The van der Waals surface area contributed by atoms with Gasteiger partial charge in [-0.05, 0) is 47.5 Å². The highest BCUT2D eigenvalue weighted by Crippen LogP contribution is 2.33. The fourth-order valence-electron chi connectivity index (χ4n) is 0.959. The van der Waals surface area contributed by atoms with Crippen molar-refractivity contribution < 1.29 is 9.84 Å². The number of ether oxygens (including phenoxy) is 1. The molecular formula is C10H12Br2O2. The van der Waals surface area contributed by atoms with E-state index < -0.39 is 6.10 Å². The summed E-state index contributed by atoms with van der Waals surface area (Å²) in [4.78, 5) is 0. The van der Waals surface area contributed by atoms with Gasteiger partial charge in [0.1, 0.15) is 12.4 Å². The Bertz CT molecular complexity index is 324. The van der Waals surface area contributed by atoms with Crippen LogP contribution in [0.1, 0.15) is 12.5 Å². The van der Waals surface area contributed by atoms with E-state index in [2.05, 4.69) is 31.9 Å². The summed E-state index contributed by atoms with van der Waals surface area (Å²) < 4.78 is 7.38. The van der Waals surface area contributed by atoms with Crippen LogP contribution >= 0.6 is 31.9 Å². The molecule has 1 N–H and O–H groups in total. The number of hydrogen-bond acceptors (Lipinski definition) is 2. The van der Waals surface area contributed by atoms with Gasteiger partial charge in [0, 0.05) is 4.47 Å². The zero-order valence-corrected chi connectivity index (χ0v) is 11.2. The summed E-state index contributed by atoms with van der Waals surface area (Å²) >= 11 is 6.87. The SMILES string of the molecule is Cc1c(Br)ccc(OCC(C)O)c1Br. The summed E-state index contributed by atoms with van der Waals surface area (Å²) in [7, 11) is 0. The molecule has 0 saturated carbocycles. The first-order chi connectivity index (χ1) is 6.52. The third-order valence-electron chi connectivity index (χ3n) is 1.76. The lowest BCUT2D eigenvalue weighted by Gasteiger charge is -2.12. The van der Waals surface area contributed by atoms with Gasteiger partial charge in [0.05, 0.1) is 10.6 Å². The smallest absolute Gasteiger partial charge is 0.133 e. The Morgan fingerprint density at radius 3 is 2.64 bits per heavy atom. The molecule has 0 amide bonds. The van der Waals surface area contributed by atoms with Crippen molar-refractivity contribution in [3.05, 3.63) is 26.6 Å². The molecule has 1 atom stereocenters. The summed E-state index contributed by atoms with van der Waals surface area (Å²) in [5.74, 6) is 0.756. The monoisotopic (exact) mass is 322 g/mol. The van der Waals surface area contributed by atoms with Gasteiger partial charge in [-0.3, -0.25) is 0 Å². The van der Waals surface area contributed by atoms with E-state index in [4.69, 9.17) is 9.84 Å². The van der Waals surface area contributed by atoms with E-state index in [-0.39, 0.29) is 0 Å². The molecule has 0 fully saturated rings. The van der Waals surface area contributed by atoms with Crippen molar-refractivity contribution in [2.24, 2.45) is 0 Å². The van der Waals surface area contributed by atoms with Gasteiger partial charge in [-0.25, -0.2) is 0 Å². The summed E-state index contributed by atoms with van der Waals surface area (Å²) in [6, 6.07) is 3.79. The summed E-state index contributed by atoms with van der Waals surface area (Å²) in [6.45, 7) is 3.99. The minimum Gasteiger partial charge on any atom is -0.490 e. The maximum atomic E-state index is 9.08. The molecule has 4 heteroatoms. The lowest BCUT2D eigenvalue weighted by atomic mass is 10.2. The van der Waals surface area contributed by atoms with Crippen LogP contribution in [0.2, 0.25) is 0 Å². The third-order valence-corrected chi connectivity index (χ3v) is 3.61. The lowest BCUT2D eigenvalue weighted by Crippen LogP contribution is -2.13. The highest BCUT2D eigenvalue weighted by molar-refractivity contribution is 9.11. The molecule has 0 aliphatic rings. The van der Waals surface area contributed by atoms with E-state index in [0.29, 0.717) is 6.61 Å². The maximum absolute atomic E-state index is 9.08. The number of aliphatic hydroxyl groups excluding tert-OH is 1. The summed E-state index contributed by atoms with van der Waals surface area (Å²) in [5.41, 5.74) is 1.09. The van der Waals surface area contributed by atoms with Crippen molar-refractivity contribution in [1.82, 2.24) is 0 Å². The van der Waals surface area contributed by atoms with Crippen molar-refractivity contribution in [2.45, 2.75) is 20.0 Å². The quantitative estimate of drug-likeness (QED) is 0.925. The first-order valence-electron chi connectivity index (χ1n) is 4.28. The Kier molecular flexibility index (Phi) is 4.41. The standard InChI is InChI=1S/C10H12Br2O2/c1-6(13)5-14-9-4-3-8(11)7(2)10(9)12/h3-4,6,13H,5H2,1-2H3. The van der Waals surface area contributed by atoms with Crippen molar-refractivity contribution in [3.63, 3.8) is 0 Å². The van der Waals surface area contributed by atoms with Crippen molar-refractivity contribution in [3.8, 4) is 5.75 Å². The number of benzene rings is 1. The second-order valence-corrected chi connectivity index (χ2v) is 4.79.